The van der Waals surface area contributed by atoms with E-state index in [9.17, 15) is 13.2 Å². The third kappa shape index (κ3) is 7.56. The van der Waals surface area contributed by atoms with Crippen molar-refractivity contribution in [1.82, 2.24) is 9.62 Å². The van der Waals surface area contributed by atoms with Crippen molar-refractivity contribution in [2.24, 2.45) is 5.92 Å². The van der Waals surface area contributed by atoms with Crippen LogP contribution in [0.2, 0.25) is 0 Å². The molecule has 22 heavy (non-hydrogen) atoms. The predicted octanol–water partition coefficient (Wildman–Crippen LogP) is 2.00. The average molecular weight is 326 g/mol. The third-order valence-electron chi connectivity index (χ3n) is 3.30. The summed E-state index contributed by atoms with van der Waals surface area (Å²) < 4.78 is 25.0. The first-order valence-corrected chi connectivity index (χ1v) is 9.39. The summed E-state index contributed by atoms with van der Waals surface area (Å²) in [6, 6.07) is 9.38. The van der Waals surface area contributed by atoms with E-state index in [1.165, 1.54) is 10.6 Å². The zero-order chi connectivity index (χ0) is 16.6. The summed E-state index contributed by atoms with van der Waals surface area (Å²) in [4.78, 5) is 11.8. The molecular weight excluding hydrogens is 300 g/mol. The Bertz CT molecular complexity index is 556. The number of sulfonamides is 1. The van der Waals surface area contributed by atoms with Gasteiger partial charge in [-0.1, -0.05) is 44.2 Å². The van der Waals surface area contributed by atoms with Gasteiger partial charge in [-0.05, 0) is 17.9 Å². The Balaban J connectivity index is 2.51. The average Bonchev–Trinajstić information content (AvgIpc) is 2.43. The molecule has 0 aliphatic rings. The van der Waals surface area contributed by atoms with Gasteiger partial charge in [-0.3, -0.25) is 4.79 Å². The summed E-state index contributed by atoms with van der Waals surface area (Å²) in [6.45, 7) is 5.31. The molecule has 0 bridgehead atoms. The van der Waals surface area contributed by atoms with Crippen LogP contribution < -0.4 is 5.32 Å². The fourth-order valence-corrected chi connectivity index (χ4v) is 2.77. The summed E-state index contributed by atoms with van der Waals surface area (Å²) in [7, 11) is -3.34. The van der Waals surface area contributed by atoms with Gasteiger partial charge in [0.2, 0.25) is 15.9 Å². The molecule has 0 unspecified atom stereocenters. The minimum Gasteiger partial charge on any atom is -0.356 e. The molecule has 1 N–H and O–H groups in total. The quantitative estimate of drug-likeness (QED) is 0.755. The van der Waals surface area contributed by atoms with Crippen LogP contribution in [0.4, 0.5) is 0 Å². The van der Waals surface area contributed by atoms with E-state index in [4.69, 9.17) is 0 Å². The van der Waals surface area contributed by atoms with E-state index in [2.05, 4.69) is 19.2 Å². The zero-order valence-corrected chi connectivity index (χ0v) is 14.4. The van der Waals surface area contributed by atoms with Crippen LogP contribution in [0.15, 0.2) is 30.3 Å². The molecule has 1 rings (SSSR count). The fraction of sp³-hybridized carbons (Fsp3) is 0.562. The van der Waals surface area contributed by atoms with Gasteiger partial charge >= 0.3 is 0 Å². The van der Waals surface area contributed by atoms with Gasteiger partial charge < -0.3 is 5.32 Å². The van der Waals surface area contributed by atoms with Gasteiger partial charge in [-0.2, -0.15) is 4.31 Å². The molecule has 0 spiro atoms. The smallest absolute Gasteiger partial charge is 0.221 e. The lowest BCUT2D eigenvalue weighted by Gasteiger charge is -2.20. The predicted molar refractivity (Wildman–Crippen MR) is 88.8 cm³/mol. The minimum absolute atomic E-state index is 0.109. The van der Waals surface area contributed by atoms with E-state index >= 15 is 0 Å². The van der Waals surface area contributed by atoms with Crippen molar-refractivity contribution in [3.05, 3.63) is 35.9 Å². The normalized spacial score (nSPS) is 11.9. The maximum absolute atomic E-state index is 11.8. The van der Waals surface area contributed by atoms with E-state index in [1.54, 1.807) is 0 Å². The van der Waals surface area contributed by atoms with Crippen molar-refractivity contribution in [3.8, 4) is 0 Å². The number of nitrogens with one attached hydrogen (secondary N) is 1. The number of amides is 1. The van der Waals surface area contributed by atoms with Gasteiger partial charge in [0.15, 0.2) is 0 Å². The first-order chi connectivity index (χ1) is 10.3. The fourth-order valence-electron chi connectivity index (χ4n) is 1.96. The monoisotopic (exact) mass is 326 g/mol. The highest BCUT2D eigenvalue weighted by atomic mass is 32.2. The molecule has 6 heteroatoms. The summed E-state index contributed by atoms with van der Waals surface area (Å²) in [6.07, 6.45) is 2.27. The van der Waals surface area contributed by atoms with Crippen LogP contribution in [-0.2, 0) is 21.4 Å². The summed E-state index contributed by atoms with van der Waals surface area (Å²) in [5.74, 6) is 0.424. The van der Waals surface area contributed by atoms with Crippen LogP contribution in [0.1, 0.15) is 32.3 Å². The minimum atomic E-state index is -3.34. The molecule has 0 aliphatic carbocycles. The third-order valence-corrected chi connectivity index (χ3v) is 4.55. The lowest BCUT2D eigenvalue weighted by molar-refractivity contribution is -0.121. The van der Waals surface area contributed by atoms with E-state index in [-0.39, 0.29) is 18.9 Å². The van der Waals surface area contributed by atoms with Crippen molar-refractivity contribution in [1.29, 1.82) is 0 Å². The number of carbonyl (C=O) groups excluding carboxylic acids is 1. The molecule has 5 nitrogen and oxygen atoms in total. The molecule has 1 aromatic carbocycles. The van der Waals surface area contributed by atoms with Gasteiger partial charge in [-0.25, -0.2) is 8.42 Å². The van der Waals surface area contributed by atoms with Crippen molar-refractivity contribution in [2.45, 2.75) is 33.2 Å². The highest BCUT2D eigenvalue weighted by Gasteiger charge is 2.18. The maximum Gasteiger partial charge on any atom is 0.221 e. The Labute approximate surface area is 133 Å². The van der Waals surface area contributed by atoms with Crippen LogP contribution >= 0.6 is 0 Å². The van der Waals surface area contributed by atoms with Crippen LogP contribution in [0.3, 0.4) is 0 Å². The molecule has 1 aromatic rings. The number of carbonyl (C=O) groups is 1. The summed E-state index contributed by atoms with van der Waals surface area (Å²) >= 11 is 0. The molecule has 0 aliphatic heterocycles. The van der Waals surface area contributed by atoms with Gasteiger partial charge in [0, 0.05) is 26.1 Å². The molecule has 124 valence electrons. The first-order valence-electron chi connectivity index (χ1n) is 7.55. The van der Waals surface area contributed by atoms with E-state index in [0.717, 1.165) is 12.0 Å². The van der Waals surface area contributed by atoms with Gasteiger partial charge in [0.25, 0.3) is 0 Å². The van der Waals surface area contributed by atoms with E-state index < -0.39 is 10.0 Å². The highest BCUT2D eigenvalue weighted by molar-refractivity contribution is 7.88. The molecule has 1 amide bonds. The topological polar surface area (TPSA) is 66.5 Å². The van der Waals surface area contributed by atoms with Gasteiger partial charge in [-0.15, -0.1) is 0 Å². The molecule has 0 heterocycles. The number of hydrogen-bond donors (Lipinski definition) is 1. The lowest BCUT2D eigenvalue weighted by atomic mass is 10.1. The molecule has 0 atom stereocenters. The molecule has 0 fully saturated rings. The second kappa shape index (κ2) is 8.90. The molecule has 0 saturated heterocycles. The highest BCUT2D eigenvalue weighted by Crippen LogP contribution is 2.09. The number of benzene rings is 1. The number of hydrogen-bond acceptors (Lipinski definition) is 3. The van der Waals surface area contributed by atoms with Gasteiger partial charge in [0.05, 0.1) is 6.26 Å². The maximum atomic E-state index is 11.8. The Morgan fingerprint density at radius 3 is 2.41 bits per heavy atom. The first kappa shape index (κ1) is 18.6. The summed E-state index contributed by atoms with van der Waals surface area (Å²) in [5.41, 5.74) is 0.910. The van der Waals surface area contributed by atoms with Crippen molar-refractivity contribution in [2.75, 3.05) is 19.3 Å². The molecule has 0 radical (unpaired) electrons. The van der Waals surface area contributed by atoms with Crippen LogP contribution in [0, 0.1) is 5.92 Å². The van der Waals surface area contributed by atoms with E-state index in [1.807, 2.05) is 30.3 Å². The summed E-state index contributed by atoms with van der Waals surface area (Å²) in [5, 5.41) is 2.82. The Morgan fingerprint density at radius 2 is 1.86 bits per heavy atom. The largest absolute Gasteiger partial charge is 0.356 e. The second-order valence-corrected chi connectivity index (χ2v) is 7.85. The second-order valence-electron chi connectivity index (χ2n) is 5.86. The van der Waals surface area contributed by atoms with Crippen LogP contribution in [0.5, 0.6) is 0 Å². The van der Waals surface area contributed by atoms with Crippen molar-refractivity contribution in [3.63, 3.8) is 0 Å². The lowest BCUT2D eigenvalue weighted by Crippen LogP contribution is -2.34. The van der Waals surface area contributed by atoms with Crippen LogP contribution in [0.25, 0.3) is 0 Å². The Hall–Kier alpha value is -1.40. The molecular formula is C16H26N2O3S. The Kier molecular flexibility index (Phi) is 7.55. The Morgan fingerprint density at radius 1 is 1.23 bits per heavy atom. The molecule has 0 aromatic heterocycles. The molecule has 0 saturated carbocycles. The standard InChI is InChI=1S/C16H26N2O3S/c1-14(2)9-11-17-16(19)10-12-18(22(3,20)21)13-15-7-5-4-6-8-15/h4-8,14H,9-13H2,1-3H3,(H,17,19). The number of rotatable bonds is 9. The van der Waals surface area contributed by atoms with Crippen molar-refractivity contribution < 1.29 is 13.2 Å². The zero-order valence-electron chi connectivity index (χ0n) is 13.6. The van der Waals surface area contributed by atoms with Crippen LogP contribution in [-0.4, -0.2) is 38.0 Å². The van der Waals surface area contributed by atoms with Gasteiger partial charge in [0.1, 0.15) is 0 Å². The number of nitrogens with zero attached hydrogens (tertiary/aromatic N) is 1. The SMILES string of the molecule is CC(C)CCNC(=O)CCN(Cc1ccccc1)S(C)(=O)=O. The van der Waals surface area contributed by atoms with Crippen molar-refractivity contribution >= 4 is 15.9 Å². The van der Waals surface area contributed by atoms with E-state index in [0.29, 0.717) is 19.0 Å².